The lowest BCUT2D eigenvalue weighted by molar-refractivity contribution is 0.243. The Labute approximate surface area is 215 Å². The number of rotatable bonds is 6. The first kappa shape index (κ1) is 26.5. The van der Waals surface area contributed by atoms with Crippen molar-refractivity contribution in [1.29, 1.82) is 0 Å². The maximum atomic E-state index is 13.2. The van der Waals surface area contributed by atoms with E-state index in [4.69, 9.17) is 0 Å². The van der Waals surface area contributed by atoms with Gasteiger partial charge in [0.15, 0.2) is 0 Å². The molecular formula is C28H34Cl2FN3. The van der Waals surface area contributed by atoms with Gasteiger partial charge in [-0.25, -0.2) is 4.39 Å². The molecule has 1 fully saturated rings. The van der Waals surface area contributed by atoms with Crippen molar-refractivity contribution < 1.29 is 4.39 Å². The van der Waals surface area contributed by atoms with Crippen LogP contribution in [0.25, 0.3) is 0 Å². The van der Waals surface area contributed by atoms with Crippen molar-refractivity contribution in [2.75, 3.05) is 44.2 Å². The van der Waals surface area contributed by atoms with Gasteiger partial charge in [-0.15, -0.1) is 24.8 Å². The standard InChI is InChI=1S/C28H32FN3.2ClH/c29-25-11-13-26(14-12-25)32-19-17-31(18-20-32)16-6-15-28(24-8-2-1-3-9-24)22-30-21-23-7-4-5-10-27(23)28;;/h1-5,7-14,30H,6,15-22H2;2*1H. The van der Waals surface area contributed by atoms with Gasteiger partial charge in [-0.05, 0) is 60.3 Å². The van der Waals surface area contributed by atoms with E-state index in [2.05, 4.69) is 69.7 Å². The number of hydrogen-bond donors (Lipinski definition) is 1. The van der Waals surface area contributed by atoms with E-state index in [1.54, 1.807) is 12.1 Å². The highest BCUT2D eigenvalue weighted by Crippen LogP contribution is 2.40. The van der Waals surface area contributed by atoms with E-state index >= 15 is 0 Å². The Morgan fingerprint density at radius 1 is 0.794 bits per heavy atom. The predicted molar refractivity (Wildman–Crippen MR) is 144 cm³/mol. The quantitative estimate of drug-likeness (QED) is 0.469. The fourth-order valence-corrected chi connectivity index (χ4v) is 5.52. The van der Waals surface area contributed by atoms with Crippen LogP contribution < -0.4 is 10.2 Å². The van der Waals surface area contributed by atoms with Crippen molar-refractivity contribution in [2.45, 2.75) is 24.8 Å². The van der Waals surface area contributed by atoms with Crippen LogP contribution in [-0.2, 0) is 12.0 Å². The summed E-state index contributed by atoms with van der Waals surface area (Å²) in [4.78, 5) is 4.95. The Morgan fingerprint density at radius 3 is 2.21 bits per heavy atom. The molecule has 0 amide bonds. The van der Waals surface area contributed by atoms with Crippen LogP contribution in [0.5, 0.6) is 0 Å². The van der Waals surface area contributed by atoms with Gasteiger partial charge in [0.2, 0.25) is 0 Å². The summed E-state index contributed by atoms with van der Waals surface area (Å²) >= 11 is 0. The molecule has 2 aliphatic heterocycles. The monoisotopic (exact) mass is 501 g/mol. The summed E-state index contributed by atoms with van der Waals surface area (Å²) in [6, 6.07) is 26.9. The number of nitrogens with one attached hydrogen (secondary N) is 1. The zero-order valence-electron chi connectivity index (χ0n) is 19.5. The third-order valence-corrected chi connectivity index (χ3v) is 7.24. The van der Waals surface area contributed by atoms with E-state index in [-0.39, 0.29) is 36.0 Å². The van der Waals surface area contributed by atoms with E-state index in [1.807, 2.05) is 12.1 Å². The van der Waals surface area contributed by atoms with Crippen LogP contribution in [0.2, 0.25) is 0 Å². The van der Waals surface area contributed by atoms with Crippen LogP contribution in [0.15, 0.2) is 78.9 Å². The molecule has 34 heavy (non-hydrogen) atoms. The van der Waals surface area contributed by atoms with Crippen LogP contribution in [0.1, 0.15) is 29.5 Å². The van der Waals surface area contributed by atoms with E-state index in [1.165, 1.54) is 23.1 Å². The lowest BCUT2D eigenvalue weighted by atomic mass is 9.68. The van der Waals surface area contributed by atoms with Gasteiger partial charge in [-0.3, -0.25) is 4.90 Å². The van der Waals surface area contributed by atoms with Crippen LogP contribution in [0.3, 0.4) is 0 Å². The molecule has 0 radical (unpaired) electrons. The normalized spacial score (nSPS) is 20.1. The molecule has 3 nitrogen and oxygen atoms in total. The summed E-state index contributed by atoms with van der Waals surface area (Å²) in [5.41, 5.74) is 5.49. The van der Waals surface area contributed by atoms with Crippen LogP contribution in [0.4, 0.5) is 10.1 Å². The molecule has 5 rings (SSSR count). The SMILES string of the molecule is Cl.Cl.Fc1ccc(N2CCN(CCCC3(c4ccccc4)CNCc4ccccc43)CC2)cc1. The second kappa shape index (κ2) is 12.0. The summed E-state index contributed by atoms with van der Waals surface area (Å²) in [5.74, 6) is -0.168. The van der Waals surface area contributed by atoms with Crippen LogP contribution >= 0.6 is 24.8 Å². The average molecular weight is 503 g/mol. The van der Waals surface area contributed by atoms with E-state index in [0.717, 1.165) is 57.9 Å². The molecule has 3 aromatic carbocycles. The number of hydrogen-bond acceptors (Lipinski definition) is 3. The molecule has 2 heterocycles. The number of halogens is 3. The Kier molecular flexibility index (Phi) is 9.38. The minimum Gasteiger partial charge on any atom is -0.369 e. The fraction of sp³-hybridized carbons (Fsp3) is 0.357. The van der Waals surface area contributed by atoms with Crippen molar-refractivity contribution in [2.24, 2.45) is 0 Å². The molecule has 0 aromatic heterocycles. The van der Waals surface area contributed by atoms with Crippen LogP contribution in [-0.4, -0.2) is 44.2 Å². The average Bonchev–Trinajstić information content (AvgIpc) is 2.86. The highest BCUT2D eigenvalue weighted by atomic mass is 35.5. The van der Waals surface area contributed by atoms with Gasteiger partial charge in [0.1, 0.15) is 5.82 Å². The largest absolute Gasteiger partial charge is 0.369 e. The minimum absolute atomic E-state index is 0. The summed E-state index contributed by atoms with van der Waals surface area (Å²) in [7, 11) is 0. The Hall–Kier alpha value is -2.11. The molecule has 0 spiro atoms. The first-order chi connectivity index (χ1) is 15.7. The van der Waals surface area contributed by atoms with Crippen molar-refractivity contribution in [1.82, 2.24) is 10.2 Å². The molecule has 1 atom stereocenters. The zero-order valence-corrected chi connectivity index (χ0v) is 21.1. The number of benzene rings is 3. The predicted octanol–water partition coefficient (Wildman–Crippen LogP) is 5.66. The lowest BCUT2D eigenvalue weighted by Gasteiger charge is -2.41. The van der Waals surface area contributed by atoms with Gasteiger partial charge in [0, 0.05) is 50.4 Å². The van der Waals surface area contributed by atoms with Gasteiger partial charge >= 0.3 is 0 Å². The highest BCUT2D eigenvalue weighted by Gasteiger charge is 2.37. The number of anilines is 1. The second-order valence-electron chi connectivity index (χ2n) is 9.12. The Bertz CT molecular complexity index is 1020. The van der Waals surface area contributed by atoms with Crippen molar-refractivity contribution in [3.63, 3.8) is 0 Å². The highest BCUT2D eigenvalue weighted by molar-refractivity contribution is 5.85. The molecule has 0 saturated carbocycles. The number of fused-ring (bicyclic) bond motifs is 1. The lowest BCUT2D eigenvalue weighted by Crippen LogP contribution is -2.47. The van der Waals surface area contributed by atoms with E-state index in [0.29, 0.717) is 0 Å². The maximum Gasteiger partial charge on any atom is 0.123 e. The number of piperazine rings is 1. The molecule has 0 bridgehead atoms. The summed E-state index contributed by atoms with van der Waals surface area (Å²) in [6.45, 7) is 7.19. The van der Waals surface area contributed by atoms with Crippen LogP contribution in [0, 0.1) is 5.82 Å². The minimum atomic E-state index is -0.168. The van der Waals surface area contributed by atoms with Gasteiger partial charge in [0.05, 0.1) is 0 Å². The van der Waals surface area contributed by atoms with Crippen molar-refractivity contribution in [3.8, 4) is 0 Å². The first-order valence-electron chi connectivity index (χ1n) is 11.8. The fourth-order valence-electron chi connectivity index (χ4n) is 5.52. The summed E-state index contributed by atoms with van der Waals surface area (Å²) in [6.07, 6.45) is 2.31. The summed E-state index contributed by atoms with van der Waals surface area (Å²) in [5, 5.41) is 3.70. The van der Waals surface area contributed by atoms with Gasteiger partial charge in [-0.2, -0.15) is 0 Å². The third kappa shape index (κ3) is 5.58. The van der Waals surface area contributed by atoms with Crippen molar-refractivity contribution >= 4 is 30.5 Å². The molecule has 1 N–H and O–H groups in total. The molecule has 6 heteroatoms. The zero-order chi connectivity index (χ0) is 21.8. The van der Waals surface area contributed by atoms with E-state index in [9.17, 15) is 4.39 Å². The van der Waals surface area contributed by atoms with Crippen molar-refractivity contribution in [3.05, 3.63) is 101 Å². The molecule has 2 aliphatic rings. The first-order valence-corrected chi connectivity index (χ1v) is 11.8. The third-order valence-electron chi connectivity index (χ3n) is 7.24. The topological polar surface area (TPSA) is 18.5 Å². The van der Waals surface area contributed by atoms with Gasteiger partial charge in [0.25, 0.3) is 0 Å². The Balaban J connectivity index is 0.00000162. The molecule has 1 unspecified atom stereocenters. The smallest absolute Gasteiger partial charge is 0.123 e. The Morgan fingerprint density at radius 2 is 1.47 bits per heavy atom. The molecular weight excluding hydrogens is 468 g/mol. The molecule has 182 valence electrons. The van der Waals surface area contributed by atoms with Gasteiger partial charge < -0.3 is 10.2 Å². The van der Waals surface area contributed by atoms with E-state index < -0.39 is 0 Å². The van der Waals surface area contributed by atoms with Gasteiger partial charge in [-0.1, -0.05) is 54.6 Å². The molecule has 1 saturated heterocycles. The molecule has 0 aliphatic carbocycles. The maximum absolute atomic E-state index is 13.2. The summed E-state index contributed by atoms with van der Waals surface area (Å²) < 4.78 is 13.2. The second-order valence-corrected chi connectivity index (χ2v) is 9.12. The molecule has 3 aromatic rings. The number of nitrogens with zero attached hydrogens (tertiary/aromatic N) is 2.